The maximum absolute atomic E-state index is 13.8. The van der Waals surface area contributed by atoms with Crippen LogP contribution in [-0.2, 0) is 14.3 Å². The van der Waals surface area contributed by atoms with E-state index in [1.807, 2.05) is 48.5 Å². The average Bonchev–Trinajstić information content (AvgIpc) is 3.08. The molecule has 3 aromatic rings. The lowest BCUT2D eigenvalue weighted by atomic mass is 9.89. The normalized spacial score (nSPS) is 14.3. The van der Waals surface area contributed by atoms with Gasteiger partial charge in [-0.3, -0.25) is 9.59 Å². The molecule has 0 aliphatic heterocycles. The fraction of sp³-hybridized carbons (Fsp3) is 0.200. The Morgan fingerprint density at radius 3 is 2.09 bits per heavy atom. The zero-order chi connectivity index (χ0) is 22.8. The number of aliphatic carboxylic acids is 1. The standard InChI is InChI=1S/C25H21F2NO4/c26-20-10-9-14(11-21(20)27)24(22(28)12-23(29)30)25(31)32-13-19-17-7-3-1-5-15(17)16-6-2-4-8-18(16)19/h1-11,19,22,24H,12-13,28H2,(H,29,30)/t22-,24-/m1/s1. The first kappa shape index (κ1) is 21.6. The highest BCUT2D eigenvalue weighted by molar-refractivity contribution is 5.82. The van der Waals surface area contributed by atoms with Gasteiger partial charge in [0.15, 0.2) is 11.6 Å². The Hall–Kier alpha value is -3.58. The number of carbonyl (C=O) groups excluding carboxylic acids is 1. The molecule has 0 heterocycles. The molecule has 0 bridgehead atoms. The molecule has 0 aromatic heterocycles. The van der Waals surface area contributed by atoms with E-state index in [2.05, 4.69) is 0 Å². The zero-order valence-electron chi connectivity index (χ0n) is 17.0. The van der Waals surface area contributed by atoms with Crippen LogP contribution in [-0.4, -0.2) is 29.7 Å². The fourth-order valence-corrected chi connectivity index (χ4v) is 4.28. The van der Waals surface area contributed by atoms with Crippen LogP contribution in [0.15, 0.2) is 66.7 Å². The smallest absolute Gasteiger partial charge is 0.315 e. The number of carboxylic acid groups (broad SMARTS) is 1. The van der Waals surface area contributed by atoms with Crippen LogP contribution in [0.3, 0.4) is 0 Å². The van der Waals surface area contributed by atoms with E-state index >= 15 is 0 Å². The third-order valence-electron chi connectivity index (χ3n) is 5.75. The minimum Gasteiger partial charge on any atom is -0.481 e. The summed E-state index contributed by atoms with van der Waals surface area (Å²) >= 11 is 0. The number of benzene rings is 3. The number of hydrogen-bond acceptors (Lipinski definition) is 4. The molecule has 0 radical (unpaired) electrons. The third-order valence-corrected chi connectivity index (χ3v) is 5.75. The quantitative estimate of drug-likeness (QED) is 0.541. The number of halogens is 2. The predicted molar refractivity (Wildman–Crippen MR) is 114 cm³/mol. The Morgan fingerprint density at radius 1 is 0.938 bits per heavy atom. The molecule has 5 nitrogen and oxygen atoms in total. The van der Waals surface area contributed by atoms with Crippen molar-refractivity contribution in [3.8, 4) is 11.1 Å². The summed E-state index contributed by atoms with van der Waals surface area (Å²) in [6.07, 6.45) is -0.534. The minimum atomic E-state index is -1.26. The second-order valence-electron chi connectivity index (χ2n) is 7.77. The number of fused-ring (bicyclic) bond motifs is 3. The van der Waals surface area contributed by atoms with Gasteiger partial charge < -0.3 is 15.6 Å². The van der Waals surface area contributed by atoms with E-state index in [4.69, 9.17) is 15.6 Å². The Kier molecular flexibility index (Phi) is 6.01. The SMILES string of the molecule is N[C@H](CC(=O)O)[C@H](C(=O)OCC1c2ccccc2-c2ccccc21)c1ccc(F)c(F)c1. The van der Waals surface area contributed by atoms with Crippen molar-refractivity contribution in [3.05, 3.63) is 95.1 Å². The highest BCUT2D eigenvalue weighted by Crippen LogP contribution is 2.44. The molecule has 0 amide bonds. The van der Waals surface area contributed by atoms with E-state index in [1.54, 1.807) is 0 Å². The molecule has 0 unspecified atom stereocenters. The molecule has 164 valence electrons. The van der Waals surface area contributed by atoms with E-state index in [0.29, 0.717) is 0 Å². The zero-order valence-corrected chi connectivity index (χ0v) is 17.0. The lowest BCUT2D eigenvalue weighted by Gasteiger charge is -2.23. The van der Waals surface area contributed by atoms with E-state index in [9.17, 15) is 18.4 Å². The van der Waals surface area contributed by atoms with Crippen LogP contribution >= 0.6 is 0 Å². The Bertz CT molecular complexity index is 1130. The molecule has 0 saturated heterocycles. The fourth-order valence-electron chi connectivity index (χ4n) is 4.28. The first-order valence-electron chi connectivity index (χ1n) is 10.1. The molecular formula is C25H21F2NO4. The van der Waals surface area contributed by atoms with Crippen molar-refractivity contribution in [1.29, 1.82) is 0 Å². The van der Waals surface area contributed by atoms with E-state index in [1.165, 1.54) is 6.07 Å². The molecule has 0 saturated carbocycles. The molecule has 2 atom stereocenters. The summed E-state index contributed by atoms with van der Waals surface area (Å²) in [6, 6.07) is 17.4. The van der Waals surface area contributed by atoms with E-state index in [0.717, 1.165) is 34.4 Å². The van der Waals surface area contributed by atoms with Crippen LogP contribution in [0, 0.1) is 11.6 Å². The summed E-state index contributed by atoms with van der Waals surface area (Å²) in [5.41, 5.74) is 10.2. The van der Waals surface area contributed by atoms with Crippen LogP contribution in [0.5, 0.6) is 0 Å². The van der Waals surface area contributed by atoms with Gasteiger partial charge in [-0.15, -0.1) is 0 Å². The van der Waals surface area contributed by atoms with Gasteiger partial charge in [-0.2, -0.15) is 0 Å². The number of rotatable bonds is 7. The largest absolute Gasteiger partial charge is 0.481 e. The highest BCUT2D eigenvalue weighted by atomic mass is 19.2. The monoisotopic (exact) mass is 437 g/mol. The molecule has 1 aliphatic rings. The summed E-state index contributed by atoms with van der Waals surface area (Å²) < 4.78 is 32.8. The maximum atomic E-state index is 13.8. The predicted octanol–water partition coefficient (Wildman–Crippen LogP) is 4.21. The molecule has 32 heavy (non-hydrogen) atoms. The molecule has 3 aromatic carbocycles. The first-order chi connectivity index (χ1) is 15.4. The minimum absolute atomic E-state index is 0.00677. The van der Waals surface area contributed by atoms with Gasteiger partial charge in [0, 0.05) is 12.0 Å². The summed E-state index contributed by atoms with van der Waals surface area (Å²) in [6.45, 7) is 0.00677. The van der Waals surface area contributed by atoms with Crippen LogP contribution in [0.1, 0.15) is 34.9 Å². The second-order valence-corrected chi connectivity index (χ2v) is 7.77. The van der Waals surface area contributed by atoms with E-state index in [-0.39, 0.29) is 18.1 Å². The van der Waals surface area contributed by atoms with Crippen molar-refractivity contribution in [3.63, 3.8) is 0 Å². The van der Waals surface area contributed by atoms with E-state index < -0.39 is 42.0 Å². The maximum Gasteiger partial charge on any atom is 0.315 e. The number of carbonyl (C=O) groups is 2. The second kappa shape index (κ2) is 8.88. The molecule has 7 heteroatoms. The Balaban J connectivity index is 1.60. The van der Waals surface area contributed by atoms with Crippen molar-refractivity contribution in [2.75, 3.05) is 6.61 Å². The summed E-state index contributed by atoms with van der Waals surface area (Å²) in [5.74, 6) is -5.68. The lowest BCUT2D eigenvalue weighted by molar-refractivity contribution is -0.146. The topological polar surface area (TPSA) is 89.6 Å². The van der Waals surface area contributed by atoms with Crippen molar-refractivity contribution >= 4 is 11.9 Å². The van der Waals surface area contributed by atoms with Crippen LogP contribution in [0.4, 0.5) is 8.78 Å². The number of carboxylic acids is 1. The Morgan fingerprint density at radius 2 is 1.53 bits per heavy atom. The van der Waals surface area contributed by atoms with Crippen molar-refractivity contribution in [2.24, 2.45) is 5.73 Å². The van der Waals surface area contributed by atoms with Crippen molar-refractivity contribution in [2.45, 2.75) is 24.3 Å². The van der Waals surface area contributed by atoms with Gasteiger partial charge in [-0.25, -0.2) is 8.78 Å². The van der Waals surface area contributed by atoms with Gasteiger partial charge in [0.25, 0.3) is 0 Å². The van der Waals surface area contributed by atoms with Gasteiger partial charge in [0.2, 0.25) is 0 Å². The average molecular weight is 437 g/mol. The lowest BCUT2D eigenvalue weighted by Crippen LogP contribution is -2.37. The van der Waals surface area contributed by atoms with Crippen LogP contribution in [0.25, 0.3) is 11.1 Å². The van der Waals surface area contributed by atoms with Crippen molar-refractivity contribution in [1.82, 2.24) is 0 Å². The molecule has 1 aliphatic carbocycles. The summed E-state index contributed by atoms with van der Waals surface area (Å²) in [7, 11) is 0. The number of nitrogens with two attached hydrogens (primary N) is 1. The van der Waals surface area contributed by atoms with Gasteiger partial charge in [-0.1, -0.05) is 54.6 Å². The van der Waals surface area contributed by atoms with Gasteiger partial charge in [0.1, 0.15) is 6.61 Å². The molecule has 0 spiro atoms. The number of ether oxygens (including phenoxy) is 1. The highest BCUT2D eigenvalue weighted by Gasteiger charge is 2.34. The number of esters is 1. The van der Waals surface area contributed by atoms with Gasteiger partial charge in [0.05, 0.1) is 12.3 Å². The molecular weight excluding hydrogens is 416 g/mol. The molecule has 4 rings (SSSR count). The van der Waals surface area contributed by atoms with Crippen LogP contribution in [0.2, 0.25) is 0 Å². The first-order valence-corrected chi connectivity index (χ1v) is 10.1. The van der Waals surface area contributed by atoms with Crippen LogP contribution < -0.4 is 5.73 Å². The molecule has 3 N–H and O–H groups in total. The summed E-state index contributed by atoms with van der Waals surface area (Å²) in [4.78, 5) is 24.2. The number of hydrogen-bond donors (Lipinski definition) is 2. The van der Waals surface area contributed by atoms with Crippen molar-refractivity contribution < 1.29 is 28.2 Å². The summed E-state index contributed by atoms with van der Waals surface area (Å²) in [5, 5.41) is 9.11. The third kappa shape index (κ3) is 4.11. The van der Waals surface area contributed by atoms with Gasteiger partial charge in [-0.05, 0) is 39.9 Å². The molecule has 0 fully saturated rings. The Labute approximate surface area is 183 Å². The van der Waals surface area contributed by atoms with Gasteiger partial charge >= 0.3 is 11.9 Å².